The lowest BCUT2D eigenvalue weighted by atomic mass is 10.0. The van der Waals surface area contributed by atoms with Gasteiger partial charge >= 0.3 is 0 Å². The van der Waals surface area contributed by atoms with Gasteiger partial charge in [0.1, 0.15) is 6.04 Å². The molecule has 160 valence electrons. The number of piperidine rings is 1. The van der Waals surface area contributed by atoms with E-state index in [1.165, 1.54) is 11.3 Å². The lowest BCUT2D eigenvalue weighted by Gasteiger charge is -2.34. The van der Waals surface area contributed by atoms with E-state index < -0.39 is 6.04 Å². The van der Waals surface area contributed by atoms with E-state index in [4.69, 9.17) is 0 Å². The van der Waals surface area contributed by atoms with Gasteiger partial charge < -0.3 is 15.5 Å². The third-order valence-corrected chi connectivity index (χ3v) is 6.38. The molecule has 0 radical (unpaired) electrons. The summed E-state index contributed by atoms with van der Waals surface area (Å²) in [6.07, 6.45) is 3.31. The van der Waals surface area contributed by atoms with Gasteiger partial charge in [0.2, 0.25) is 11.8 Å². The molecule has 1 aliphatic heterocycles. The summed E-state index contributed by atoms with van der Waals surface area (Å²) < 4.78 is 0. The monoisotopic (exact) mass is 427 g/mol. The number of rotatable bonds is 7. The van der Waals surface area contributed by atoms with Crippen molar-refractivity contribution in [3.8, 4) is 0 Å². The highest BCUT2D eigenvalue weighted by Crippen LogP contribution is 2.22. The van der Waals surface area contributed by atoms with Gasteiger partial charge in [-0.25, -0.2) is 0 Å². The van der Waals surface area contributed by atoms with Gasteiger partial charge in [-0.05, 0) is 54.8 Å². The number of anilines is 1. The van der Waals surface area contributed by atoms with Gasteiger partial charge in [0.05, 0.1) is 4.88 Å². The van der Waals surface area contributed by atoms with Crippen LogP contribution in [0, 0.1) is 5.92 Å². The highest BCUT2D eigenvalue weighted by atomic mass is 32.1. The highest BCUT2D eigenvalue weighted by molar-refractivity contribution is 7.12. The van der Waals surface area contributed by atoms with Crippen LogP contribution in [-0.2, 0) is 16.1 Å². The predicted molar refractivity (Wildman–Crippen MR) is 119 cm³/mol. The van der Waals surface area contributed by atoms with Crippen LogP contribution in [0.2, 0.25) is 0 Å². The van der Waals surface area contributed by atoms with Crippen LogP contribution in [0.4, 0.5) is 5.69 Å². The molecule has 0 saturated carbocycles. The zero-order valence-electron chi connectivity index (χ0n) is 17.5. The second kappa shape index (κ2) is 10.4. The second-order valence-corrected chi connectivity index (χ2v) is 8.65. The number of amides is 3. The predicted octanol–water partition coefficient (Wildman–Crippen LogP) is 4.04. The number of likely N-dealkylation sites (tertiary alicyclic amines) is 1. The number of nitrogens with one attached hydrogen (secondary N) is 2. The standard InChI is InChI=1S/C23H29N3O3S/c1-3-16(2)21(27)25-18-9-6-8-17(14-18)15-24-22(28)19-10-4-5-12-26(19)23(29)20-11-7-13-30-20/h6-9,11,13-14,16,19H,3-5,10,12,15H2,1-2H3,(H,24,28)(H,25,27). The van der Waals surface area contributed by atoms with Crippen LogP contribution in [0.15, 0.2) is 41.8 Å². The first-order valence-electron chi connectivity index (χ1n) is 10.5. The highest BCUT2D eigenvalue weighted by Gasteiger charge is 2.32. The maximum absolute atomic E-state index is 12.9. The number of carbonyl (C=O) groups excluding carboxylic acids is 3. The third kappa shape index (κ3) is 5.48. The molecule has 30 heavy (non-hydrogen) atoms. The van der Waals surface area contributed by atoms with Crippen LogP contribution in [0.3, 0.4) is 0 Å². The topological polar surface area (TPSA) is 78.5 Å². The summed E-state index contributed by atoms with van der Waals surface area (Å²) in [5.41, 5.74) is 1.62. The van der Waals surface area contributed by atoms with Crippen molar-refractivity contribution in [2.45, 2.75) is 52.1 Å². The van der Waals surface area contributed by atoms with E-state index >= 15 is 0 Å². The first-order chi connectivity index (χ1) is 14.5. The largest absolute Gasteiger partial charge is 0.350 e. The van der Waals surface area contributed by atoms with Crippen molar-refractivity contribution in [1.82, 2.24) is 10.2 Å². The minimum atomic E-state index is -0.443. The van der Waals surface area contributed by atoms with Gasteiger partial charge in [0.25, 0.3) is 5.91 Å². The third-order valence-electron chi connectivity index (χ3n) is 5.52. The maximum Gasteiger partial charge on any atom is 0.264 e. The first-order valence-corrected chi connectivity index (χ1v) is 11.4. The van der Waals surface area contributed by atoms with Gasteiger partial charge in [-0.15, -0.1) is 11.3 Å². The molecule has 2 aromatic rings. The average Bonchev–Trinajstić information content (AvgIpc) is 3.31. The number of benzene rings is 1. The molecular weight excluding hydrogens is 398 g/mol. The number of carbonyl (C=O) groups is 3. The molecule has 0 bridgehead atoms. The van der Waals surface area contributed by atoms with Crippen molar-refractivity contribution >= 4 is 34.7 Å². The second-order valence-electron chi connectivity index (χ2n) is 7.70. The number of nitrogens with zero attached hydrogens (tertiary/aromatic N) is 1. The minimum absolute atomic E-state index is 0.0105. The van der Waals surface area contributed by atoms with Crippen molar-refractivity contribution in [3.63, 3.8) is 0 Å². The molecule has 1 aromatic carbocycles. The molecule has 1 fully saturated rings. The van der Waals surface area contributed by atoms with Crippen LogP contribution in [0.25, 0.3) is 0 Å². The number of thiophene rings is 1. The van der Waals surface area contributed by atoms with E-state index in [9.17, 15) is 14.4 Å². The van der Waals surface area contributed by atoms with E-state index in [0.29, 0.717) is 24.4 Å². The fourth-order valence-corrected chi connectivity index (χ4v) is 4.18. The molecule has 3 rings (SSSR count). The summed E-state index contributed by atoms with van der Waals surface area (Å²) in [4.78, 5) is 40.1. The zero-order valence-corrected chi connectivity index (χ0v) is 18.3. The quantitative estimate of drug-likeness (QED) is 0.700. The molecule has 2 N–H and O–H groups in total. The van der Waals surface area contributed by atoms with Gasteiger partial charge in [-0.1, -0.05) is 32.0 Å². The zero-order chi connectivity index (χ0) is 21.5. The molecule has 2 heterocycles. The van der Waals surface area contributed by atoms with Crippen molar-refractivity contribution < 1.29 is 14.4 Å². The van der Waals surface area contributed by atoms with Crippen LogP contribution in [0.1, 0.15) is 54.8 Å². The lowest BCUT2D eigenvalue weighted by molar-refractivity contribution is -0.126. The Morgan fingerprint density at radius 2 is 2.03 bits per heavy atom. The lowest BCUT2D eigenvalue weighted by Crippen LogP contribution is -2.51. The fraction of sp³-hybridized carbons (Fsp3) is 0.435. The van der Waals surface area contributed by atoms with Crippen LogP contribution in [-0.4, -0.2) is 35.2 Å². The normalized spacial score (nSPS) is 17.3. The maximum atomic E-state index is 12.9. The Balaban J connectivity index is 1.61. The summed E-state index contributed by atoms with van der Waals surface area (Å²) in [6, 6.07) is 10.7. The molecule has 6 nitrogen and oxygen atoms in total. The van der Waals surface area contributed by atoms with Crippen LogP contribution >= 0.6 is 11.3 Å². The minimum Gasteiger partial charge on any atom is -0.350 e. The Bertz CT molecular complexity index is 882. The molecule has 1 aliphatic rings. The molecule has 0 spiro atoms. The van der Waals surface area contributed by atoms with E-state index in [1.54, 1.807) is 11.0 Å². The van der Waals surface area contributed by atoms with Crippen molar-refractivity contribution in [2.24, 2.45) is 5.92 Å². The van der Waals surface area contributed by atoms with E-state index in [2.05, 4.69) is 10.6 Å². The van der Waals surface area contributed by atoms with Crippen molar-refractivity contribution in [1.29, 1.82) is 0 Å². The van der Waals surface area contributed by atoms with Crippen molar-refractivity contribution in [3.05, 3.63) is 52.2 Å². The van der Waals surface area contributed by atoms with Crippen LogP contribution < -0.4 is 10.6 Å². The van der Waals surface area contributed by atoms with Gasteiger partial charge in [-0.2, -0.15) is 0 Å². The Hall–Kier alpha value is -2.67. The molecule has 3 amide bonds. The molecule has 1 aromatic heterocycles. The fourth-order valence-electron chi connectivity index (χ4n) is 3.51. The summed E-state index contributed by atoms with van der Waals surface area (Å²) in [6.45, 7) is 4.83. The van der Waals surface area contributed by atoms with Crippen LogP contribution in [0.5, 0.6) is 0 Å². The Kier molecular flexibility index (Phi) is 7.63. The smallest absolute Gasteiger partial charge is 0.264 e. The molecule has 0 aliphatic carbocycles. The molecule has 7 heteroatoms. The van der Waals surface area contributed by atoms with Crippen molar-refractivity contribution in [2.75, 3.05) is 11.9 Å². The summed E-state index contributed by atoms with van der Waals surface area (Å²) in [5, 5.41) is 7.76. The molecule has 2 atom stereocenters. The molecule has 2 unspecified atom stereocenters. The van der Waals surface area contributed by atoms with Gasteiger partial charge in [0, 0.05) is 24.7 Å². The van der Waals surface area contributed by atoms with Gasteiger partial charge in [0.15, 0.2) is 0 Å². The molecular formula is C23H29N3O3S. The average molecular weight is 428 g/mol. The Labute approximate surface area is 181 Å². The Morgan fingerprint density at radius 1 is 1.20 bits per heavy atom. The van der Waals surface area contributed by atoms with E-state index in [0.717, 1.165) is 30.5 Å². The van der Waals surface area contributed by atoms with Gasteiger partial charge in [-0.3, -0.25) is 14.4 Å². The first kappa shape index (κ1) is 22.0. The summed E-state index contributed by atoms with van der Waals surface area (Å²) in [5.74, 6) is -0.261. The summed E-state index contributed by atoms with van der Waals surface area (Å²) in [7, 11) is 0. The number of hydrogen-bond donors (Lipinski definition) is 2. The van der Waals surface area contributed by atoms with E-state index in [-0.39, 0.29) is 23.6 Å². The molecule has 1 saturated heterocycles. The SMILES string of the molecule is CCC(C)C(=O)Nc1cccc(CNC(=O)C2CCCCN2C(=O)c2cccs2)c1. The summed E-state index contributed by atoms with van der Waals surface area (Å²) >= 11 is 1.40. The number of hydrogen-bond acceptors (Lipinski definition) is 4. The Morgan fingerprint density at radius 3 is 2.77 bits per heavy atom. The van der Waals surface area contributed by atoms with E-state index in [1.807, 2.05) is 49.6 Å².